The van der Waals surface area contributed by atoms with Crippen LogP contribution in [0.5, 0.6) is 0 Å². The van der Waals surface area contributed by atoms with E-state index in [1.54, 1.807) is 12.1 Å². The van der Waals surface area contributed by atoms with Crippen LogP contribution >= 0.6 is 0 Å². The molecule has 1 aliphatic heterocycles. The first kappa shape index (κ1) is 21.6. The molecule has 6 nitrogen and oxygen atoms in total. The van der Waals surface area contributed by atoms with Gasteiger partial charge in [-0.15, -0.1) is 0 Å². The van der Waals surface area contributed by atoms with E-state index in [0.29, 0.717) is 17.3 Å². The number of carbonyl (C=O) groups excluding carboxylic acids is 3. The van der Waals surface area contributed by atoms with Crippen LogP contribution in [0.4, 0.5) is 11.4 Å². The first-order valence-corrected chi connectivity index (χ1v) is 10.6. The number of fused-ring (bicyclic) bond motifs is 1. The maximum Gasteiger partial charge on any atom is 0.244 e. The molecular formula is C24H29N3O3. The summed E-state index contributed by atoms with van der Waals surface area (Å²) in [5, 5.41) is 5.90. The third-order valence-electron chi connectivity index (χ3n) is 5.63. The summed E-state index contributed by atoms with van der Waals surface area (Å²) in [6.45, 7) is 4.22. The summed E-state index contributed by atoms with van der Waals surface area (Å²) in [4.78, 5) is 38.9. The molecule has 0 fully saturated rings. The molecule has 0 bridgehead atoms. The Morgan fingerprint density at radius 3 is 2.37 bits per heavy atom. The minimum absolute atomic E-state index is 0.0299. The van der Waals surface area contributed by atoms with Gasteiger partial charge in [0.2, 0.25) is 17.7 Å². The number of benzene rings is 2. The molecule has 1 unspecified atom stereocenters. The predicted molar refractivity (Wildman–Crippen MR) is 118 cm³/mol. The van der Waals surface area contributed by atoms with Crippen LogP contribution in [0.2, 0.25) is 0 Å². The van der Waals surface area contributed by atoms with Crippen LogP contribution in [0.25, 0.3) is 0 Å². The van der Waals surface area contributed by atoms with Gasteiger partial charge in [0.1, 0.15) is 6.54 Å². The van der Waals surface area contributed by atoms with E-state index in [2.05, 4.69) is 24.5 Å². The van der Waals surface area contributed by atoms with Crippen LogP contribution in [0.15, 0.2) is 54.6 Å². The standard InChI is InChI=1S/C24H29N3O3/c1-3-17(4-2)24(18-10-6-5-7-11-18)26-21(28)14-15-23(30)27-16-22(29)25-19-12-8-9-13-20(19)27/h5-13,17,24H,3-4,14-16H2,1-2H3,(H,25,29)(H,26,28). The van der Waals surface area contributed by atoms with Crippen molar-refractivity contribution in [1.82, 2.24) is 5.32 Å². The molecule has 1 heterocycles. The number of carbonyl (C=O) groups is 3. The number of para-hydroxylation sites is 2. The van der Waals surface area contributed by atoms with E-state index >= 15 is 0 Å². The normalized spacial score (nSPS) is 14.1. The highest BCUT2D eigenvalue weighted by Gasteiger charge is 2.27. The van der Waals surface area contributed by atoms with E-state index in [0.717, 1.165) is 18.4 Å². The molecule has 2 N–H and O–H groups in total. The number of amides is 3. The Bertz CT molecular complexity index is 894. The Hall–Kier alpha value is -3.15. The van der Waals surface area contributed by atoms with Crippen molar-refractivity contribution in [3.63, 3.8) is 0 Å². The zero-order chi connectivity index (χ0) is 21.5. The fraction of sp³-hybridized carbons (Fsp3) is 0.375. The lowest BCUT2D eigenvalue weighted by molar-refractivity contribution is -0.126. The van der Waals surface area contributed by atoms with Gasteiger partial charge in [-0.3, -0.25) is 14.4 Å². The van der Waals surface area contributed by atoms with Crippen molar-refractivity contribution in [2.75, 3.05) is 16.8 Å². The summed E-state index contributed by atoms with van der Waals surface area (Å²) >= 11 is 0. The summed E-state index contributed by atoms with van der Waals surface area (Å²) in [6, 6.07) is 17.1. The summed E-state index contributed by atoms with van der Waals surface area (Å²) in [5.41, 5.74) is 2.36. The molecule has 1 atom stereocenters. The van der Waals surface area contributed by atoms with Gasteiger partial charge in [-0.2, -0.15) is 0 Å². The van der Waals surface area contributed by atoms with Crippen molar-refractivity contribution in [2.24, 2.45) is 5.92 Å². The highest BCUT2D eigenvalue weighted by atomic mass is 16.2. The van der Waals surface area contributed by atoms with Gasteiger partial charge in [0, 0.05) is 12.8 Å². The highest BCUT2D eigenvalue weighted by Crippen LogP contribution is 2.30. The van der Waals surface area contributed by atoms with Crippen LogP contribution in [0.3, 0.4) is 0 Å². The van der Waals surface area contributed by atoms with Crippen LogP contribution in [-0.4, -0.2) is 24.3 Å². The van der Waals surface area contributed by atoms with Crippen LogP contribution in [0.1, 0.15) is 51.1 Å². The Morgan fingerprint density at radius 1 is 1.00 bits per heavy atom. The quantitative estimate of drug-likeness (QED) is 0.693. The van der Waals surface area contributed by atoms with Gasteiger partial charge in [0.25, 0.3) is 0 Å². The van der Waals surface area contributed by atoms with Crippen molar-refractivity contribution >= 4 is 29.1 Å². The number of nitrogens with one attached hydrogen (secondary N) is 2. The molecule has 30 heavy (non-hydrogen) atoms. The van der Waals surface area contributed by atoms with E-state index in [1.807, 2.05) is 42.5 Å². The molecule has 2 aromatic carbocycles. The Labute approximate surface area is 177 Å². The summed E-state index contributed by atoms with van der Waals surface area (Å²) in [5.74, 6) is -0.292. The number of rotatable bonds is 8. The minimum atomic E-state index is -0.232. The molecule has 2 aromatic rings. The first-order valence-electron chi connectivity index (χ1n) is 10.6. The second-order valence-electron chi connectivity index (χ2n) is 7.58. The van der Waals surface area contributed by atoms with Crippen molar-refractivity contribution in [3.8, 4) is 0 Å². The van der Waals surface area contributed by atoms with E-state index in [1.165, 1.54) is 4.90 Å². The predicted octanol–water partition coefficient (Wildman–Crippen LogP) is 4.05. The maximum atomic E-state index is 12.8. The third kappa shape index (κ3) is 5.06. The molecule has 0 aromatic heterocycles. The Balaban J connectivity index is 1.64. The highest BCUT2D eigenvalue weighted by molar-refractivity contribution is 6.10. The summed E-state index contributed by atoms with van der Waals surface area (Å²) in [6.07, 6.45) is 2.05. The Kier molecular flexibility index (Phi) is 7.22. The zero-order valence-electron chi connectivity index (χ0n) is 17.6. The van der Waals surface area contributed by atoms with Crippen molar-refractivity contribution in [1.29, 1.82) is 0 Å². The molecule has 0 aliphatic carbocycles. The van der Waals surface area contributed by atoms with Gasteiger partial charge in [-0.1, -0.05) is 69.2 Å². The summed E-state index contributed by atoms with van der Waals surface area (Å²) < 4.78 is 0. The van der Waals surface area contributed by atoms with Gasteiger partial charge < -0.3 is 15.5 Å². The van der Waals surface area contributed by atoms with Crippen molar-refractivity contribution in [2.45, 2.75) is 45.6 Å². The van der Waals surface area contributed by atoms with E-state index in [4.69, 9.17) is 0 Å². The molecule has 1 aliphatic rings. The van der Waals surface area contributed by atoms with Crippen molar-refractivity contribution in [3.05, 3.63) is 60.2 Å². The van der Waals surface area contributed by atoms with Crippen LogP contribution in [-0.2, 0) is 14.4 Å². The smallest absolute Gasteiger partial charge is 0.244 e. The molecule has 0 spiro atoms. The Morgan fingerprint density at radius 2 is 1.67 bits per heavy atom. The lowest BCUT2D eigenvalue weighted by Gasteiger charge is -2.29. The van der Waals surface area contributed by atoms with Gasteiger partial charge in [-0.05, 0) is 23.6 Å². The number of anilines is 2. The molecule has 0 saturated carbocycles. The molecule has 3 amide bonds. The van der Waals surface area contributed by atoms with Gasteiger partial charge >= 0.3 is 0 Å². The monoisotopic (exact) mass is 407 g/mol. The molecule has 3 rings (SSSR count). The molecule has 158 valence electrons. The largest absolute Gasteiger partial charge is 0.349 e. The number of hydrogen-bond acceptors (Lipinski definition) is 3. The van der Waals surface area contributed by atoms with Gasteiger partial charge in [-0.25, -0.2) is 0 Å². The van der Waals surface area contributed by atoms with E-state index in [-0.39, 0.29) is 43.1 Å². The second-order valence-corrected chi connectivity index (χ2v) is 7.58. The maximum absolute atomic E-state index is 12.8. The number of nitrogens with zero attached hydrogens (tertiary/aromatic N) is 1. The SMILES string of the molecule is CCC(CC)C(NC(=O)CCC(=O)N1CC(=O)Nc2ccccc21)c1ccccc1. The average molecular weight is 408 g/mol. The molecular weight excluding hydrogens is 378 g/mol. The van der Waals surface area contributed by atoms with Gasteiger partial charge in [0.15, 0.2) is 0 Å². The van der Waals surface area contributed by atoms with Gasteiger partial charge in [0.05, 0.1) is 17.4 Å². The topological polar surface area (TPSA) is 78.5 Å². The molecule has 0 radical (unpaired) electrons. The average Bonchev–Trinajstić information content (AvgIpc) is 2.77. The third-order valence-corrected chi connectivity index (χ3v) is 5.63. The molecule has 0 saturated heterocycles. The first-order chi connectivity index (χ1) is 14.5. The van der Waals surface area contributed by atoms with Crippen LogP contribution in [0, 0.1) is 5.92 Å². The van der Waals surface area contributed by atoms with E-state index < -0.39 is 0 Å². The fourth-order valence-electron chi connectivity index (χ4n) is 3.95. The van der Waals surface area contributed by atoms with E-state index in [9.17, 15) is 14.4 Å². The van der Waals surface area contributed by atoms with Crippen LogP contribution < -0.4 is 15.5 Å². The number of hydrogen-bond donors (Lipinski definition) is 2. The lowest BCUT2D eigenvalue weighted by Crippen LogP contribution is -2.42. The molecule has 6 heteroatoms. The van der Waals surface area contributed by atoms with Crippen molar-refractivity contribution < 1.29 is 14.4 Å². The summed E-state index contributed by atoms with van der Waals surface area (Å²) in [7, 11) is 0. The zero-order valence-corrected chi connectivity index (χ0v) is 17.6. The lowest BCUT2D eigenvalue weighted by atomic mass is 9.88. The second kappa shape index (κ2) is 10.1. The minimum Gasteiger partial charge on any atom is -0.349 e. The fourth-order valence-corrected chi connectivity index (χ4v) is 3.95.